The van der Waals surface area contributed by atoms with Crippen molar-refractivity contribution in [2.75, 3.05) is 9.91 Å². The van der Waals surface area contributed by atoms with E-state index in [-0.39, 0.29) is 5.78 Å². The molecule has 1 aliphatic rings. The number of rotatable bonds is 7. The highest BCUT2D eigenvalue weighted by Gasteiger charge is 2.39. The van der Waals surface area contributed by atoms with Gasteiger partial charge in [-0.3, -0.25) is 9.69 Å². The van der Waals surface area contributed by atoms with E-state index < -0.39 is 6.17 Å². The first-order valence-corrected chi connectivity index (χ1v) is 13.1. The molecule has 5 nitrogen and oxygen atoms in total. The Bertz CT molecular complexity index is 1440. The zero-order valence-electron chi connectivity index (χ0n) is 19.8. The predicted octanol–water partition coefficient (Wildman–Crippen LogP) is 8.26. The second kappa shape index (κ2) is 11.0. The average molecular weight is 595 g/mol. The number of ether oxygens (including phenoxy) is 1. The van der Waals surface area contributed by atoms with Crippen LogP contribution in [0.2, 0.25) is 10.0 Å². The molecule has 186 valence electrons. The molecule has 0 aliphatic carbocycles. The maximum Gasteiger partial charge on any atom is 0.198 e. The molecule has 4 aromatic carbocycles. The quantitative estimate of drug-likeness (QED) is 0.216. The molecule has 1 unspecified atom stereocenters. The summed E-state index contributed by atoms with van der Waals surface area (Å²) in [4.78, 5) is 14.7. The van der Waals surface area contributed by atoms with Crippen molar-refractivity contribution < 1.29 is 9.53 Å². The lowest BCUT2D eigenvalue weighted by atomic mass is 10.1. The molecule has 37 heavy (non-hydrogen) atoms. The van der Waals surface area contributed by atoms with Gasteiger partial charge < -0.3 is 4.74 Å². The van der Waals surface area contributed by atoms with Gasteiger partial charge in [0.05, 0.1) is 5.69 Å². The van der Waals surface area contributed by atoms with Gasteiger partial charge in [0.2, 0.25) is 0 Å². The molecular formula is C29H22BrCl2N3O2. The topological polar surface area (TPSA) is 45.1 Å². The second-order valence-corrected chi connectivity index (χ2v) is 10.3. The van der Waals surface area contributed by atoms with Crippen LogP contribution in [0, 0.1) is 0 Å². The third kappa shape index (κ3) is 5.67. The average Bonchev–Trinajstić information content (AvgIpc) is 3.30. The lowest BCUT2D eigenvalue weighted by Crippen LogP contribution is -2.37. The Balaban J connectivity index is 1.55. The van der Waals surface area contributed by atoms with Crippen LogP contribution in [0.1, 0.15) is 24.2 Å². The van der Waals surface area contributed by atoms with E-state index in [9.17, 15) is 4.79 Å². The van der Waals surface area contributed by atoms with E-state index in [4.69, 9.17) is 33.0 Å². The summed E-state index contributed by atoms with van der Waals surface area (Å²) in [5, 5.41) is 7.92. The number of carbonyl (C=O) groups excluding carboxylic acids is 1. The van der Waals surface area contributed by atoms with E-state index in [0.29, 0.717) is 28.2 Å². The maximum absolute atomic E-state index is 12.8. The van der Waals surface area contributed by atoms with Crippen LogP contribution >= 0.6 is 39.1 Å². The number of nitrogens with zero attached hydrogens (tertiary/aromatic N) is 3. The Morgan fingerprint density at radius 2 is 1.51 bits per heavy atom. The lowest BCUT2D eigenvalue weighted by Gasteiger charge is -2.32. The first kappa shape index (κ1) is 25.3. The Morgan fingerprint density at radius 1 is 0.892 bits per heavy atom. The van der Waals surface area contributed by atoms with Crippen molar-refractivity contribution in [2.45, 2.75) is 19.7 Å². The molecule has 0 saturated heterocycles. The van der Waals surface area contributed by atoms with Crippen molar-refractivity contribution >= 4 is 62.1 Å². The minimum atomic E-state index is -0.430. The molecule has 0 fully saturated rings. The second-order valence-electron chi connectivity index (χ2n) is 8.51. The van der Waals surface area contributed by atoms with Crippen LogP contribution in [0.25, 0.3) is 0 Å². The number of halogens is 3. The Morgan fingerprint density at radius 3 is 2.16 bits per heavy atom. The molecule has 0 saturated carbocycles. The van der Waals surface area contributed by atoms with Gasteiger partial charge in [0.25, 0.3) is 0 Å². The van der Waals surface area contributed by atoms with Crippen LogP contribution in [0.5, 0.6) is 5.75 Å². The maximum atomic E-state index is 12.8. The van der Waals surface area contributed by atoms with Crippen LogP contribution < -0.4 is 14.6 Å². The summed E-state index contributed by atoms with van der Waals surface area (Å²) in [6, 6.07) is 30.6. The fraction of sp³-hybridized carbons (Fsp3) is 0.103. The molecule has 1 heterocycles. The highest BCUT2D eigenvalue weighted by atomic mass is 79.9. The lowest BCUT2D eigenvalue weighted by molar-refractivity contribution is -0.111. The standard InChI is InChI=1S/C29H22BrCl2N3O2/c1-19(36)28-33-35(26-15-11-24(32)12-16-26)29(34(28)25-13-7-22(30)8-14-25)21-3-2-4-27(17-21)37-18-20-5-9-23(31)10-6-20/h2-17,29H,18H2,1H3. The number of carbonyl (C=O) groups is 1. The van der Waals surface area contributed by atoms with Crippen molar-refractivity contribution in [1.29, 1.82) is 0 Å². The fourth-order valence-corrected chi connectivity index (χ4v) is 4.65. The Hall–Kier alpha value is -3.32. The largest absolute Gasteiger partial charge is 0.489 e. The number of benzene rings is 4. The van der Waals surface area contributed by atoms with Crippen molar-refractivity contribution in [2.24, 2.45) is 5.10 Å². The van der Waals surface area contributed by atoms with Crippen LogP contribution in [-0.4, -0.2) is 11.6 Å². The number of anilines is 2. The molecular weight excluding hydrogens is 573 g/mol. The van der Waals surface area contributed by atoms with Crippen molar-refractivity contribution in [3.8, 4) is 5.75 Å². The van der Waals surface area contributed by atoms with Crippen molar-refractivity contribution in [3.05, 3.63) is 123 Å². The predicted molar refractivity (Wildman–Crippen MR) is 154 cm³/mol. The summed E-state index contributed by atoms with van der Waals surface area (Å²) in [6.45, 7) is 1.93. The molecule has 0 aromatic heterocycles. The molecule has 4 aromatic rings. The first-order valence-electron chi connectivity index (χ1n) is 11.6. The first-order chi connectivity index (χ1) is 17.9. The van der Waals surface area contributed by atoms with E-state index >= 15 is 0 Å². The van der Waals surface area contributed by atoms with Gasteiger partial charge >= 0.3 is 0 Å². The highest BCUT2D eigenvalue weighted by Crippen LogP contribution is 2.40. The normalized spacial score (nSPS) is 15.0. The molecule has 1 aliphatic heterocycles. The summed E-state index contributed by atoms with van der Waals surface area (Å²) < 4.78 is 7.06. The SMILES string of the molecule is CC(=O)C1=NN(c2ccc(Cl)cc2)C(c2cccc(OCc3ccc(Cl)cc3)c2)N1c1ccc(Br)cc1. The number of amidine groups is 1. The fourth-order valence-electron chi connectivity index (χ4n) is 4.13. The third-order valence-electron chi connectivity index (χ3n) is 5.89. The Labute approximate surface area is 234 Å². The van der Waals surface area contributed by atoms with E-state index in [2.05, 4.69) is 15.9 Å². The zero-order chi connectivity index (χ0) is 25.9. The van der Waals surface area contributed by atoms with E-state index in [1.54, 1.807) is 0 Å². The third-order valence-corrected chi connectivity index (χ3v) is 6.93. The van der Waals surface area contributed by atoms with Crippen LogP contribution in [0.15, 0.2) is 107 Å². The monoisotopic (exact) mass is 593 g/mol. The molecule has 0 amide bonds. The van der Waals surface area contributed by atoms with Gasteiger partial charge in [-0.05, 0) is 78.4 Å². The van der Waals surface area contributed by atoms with E-state index in [1.807, 2.05) is 107 Å². The molecule has 1 atom stereocenters. The zero-order valence-corrected chi connectivity index (χ0v) is 22.9. The van der Waals surface area contributed by atoms with Gasteiger partial charge in [-0.25, -0.2) is 5.01 Å². The number of hydrazone groups is 1. The van der Waals surface area contributed by atoms with Crippen LogP contribution in [0.3, 0.4) is 0 Å². The summed E-state index contributed by atoms with van der Waals surface area (Å²) in [5.41, 5.74) is 3.56. The number of hydrogen-bond acceptors (Lipinski definition) is 5. The van der Waals surface area contributed by atoms with E-state index in [1.165, 1.54) is 6.92 Å². The smallest absolute Gasteiger partial charge is 0.198 e. The molecule has 0 N–H and O–H groups in total. The van der Waals surface area contributed by atoms with Crippen molar-refractivity contribution in [1.82, 2.24) is 0 Å². The van der Waals surface area contributed by atoms with Gasteiger partial charge in [0, 0.05) is 32.7 Å². The minimum Gasteiger partial charge on any atom is -0.489 e. The molecule has 8 heteroatoms. The number of ketones is 1. The number of hydrogen-bond donors (Lipinski definition) is 0. The summed E-state index contributed by atoms with van der Waals surface area (Å²) in [5.74, 6) is 0.907. The minimum absolute atomic E-state index is 0.139. The molecule has 0 radical (unpaired) electrons. The van der Waals surface area contributed by atoms with Crippen LogP contribution in [0.4, 0.5) is 11.4 Å². The summed E-state index contributed by atoms with van der Waals surface area (Å²) in [7, 11) is 0. The molecule has 0 spiro atoms. The van der Waals surface area contributed by atoms with Gasteiger partial charge in [0.15, 0.2) is 17.8 Å². The number of Topliss-reactive ketones (excluding diaryl/α,β-unsaturated/α-hetero) is 1. The summed E-state index contributed by atoms with van der Waals surface area (Å²) >= 11 is 15.7. The summed E-state index contributed by atoms with van der Waals surface area (Å²) in [6.07, 6.45) is -0.430. The molecule has 5 rings (SSSR count). The van der Waals surface area contributed by atoms with Gasteiger partial charge in [-0.15, -0.1) is 5.10 Å². The van der Waals surface area contributed by atoms with Crippen LogP contribution in [-0.2, 0) is 11.4 Å². The van der Waals surface area contributed by atoms with Gasteiger partial charge in [-0.1, -0.05) is 63.4 Å². The van der Waals surface area contributed by atoms with Gasteiger partial charge in [-0.2, -0.15) is 0 Å². The highest BCUT2D eigenvalue weighted by molar-refractivity contribution is 9.10. The van der Waals surface area contributed by atoms with Gasteiger partial charge in [0.1, 0.15) is 12.4 Å². The Kier molecular flexibility index (Phi) is 7.51. The van der Waals surface area contributed by atoms with Crippen molar-refractivity contribution in [3.63, 3.8) is 0 Å². The molecule has 0 bridgehead atoms. The van der Waals surface area contributed by atoms with E-state index in [0.717, 1.165) is 27.0 Å².